The summed E-state index contributed by atoms with van der Waals surface area (Å²) in [6, 6.07) is 11.5. The second-order valence-corrected chi connectivity index (χ2v) is 5.79. The quantitative estimate of drug-likeness (QED) is 0.348. The van der Waals surface area contributed by atoms with E-state index >= 15 is 0 Å². The Morgan fingerprint density at radius 1 is 1.22 bits per heavy atom. The van der Waals surface area contributed by atoms with Crippen molar-refractivity contribution in [2.75, 3.05) is 0 Å². The molecule has 0 amide bonds. The molecule has 0 aliphatic carbocycles. The number of hydrogen-bond donors (Lipinski definition) is 0. The molecule has 0 saturated carbocycles. The number of carbonyl (C=O) groups is 1. The van der Waals surface area contributed by atoms with Crippen LogP contribution in [0.2, 0.25) is 0 Å². The summed E-state index contributed by atoms with van der Waals surface area (Å²) in [5, 5.41) is 0. The van der Waals surface area contributed by atoms with Crippen molar-refractivity contribution in [3.05, 3.63) is 62.4 Å². The van der Waals surface area contributed by atoms with E-state index in [-0.39, 0.29) is 22.8 Å². The molecule has 2 rings (SSSR count). The molecule has 0 bridgehead atoms. The van der Waals surface area contributed by atoms with Crippen LogP contribution in [0.15, 0.2) is 53.3 Å². The monoisotopic (exact) mass is 481 g/mol. The van der Waals surface area contributed by atoms with Gasteiger partial charge in [0.25, 0.3) is 0 Å². The maximum atomic E-state index is 12.0. The van der Waals surface area contributed by atoms with Crippen LogP contribution in [0, 0.1) is 3.57 Å². The molecule has 0 atom stereocenters. The Kier molecular flexibility index (Phi) is 6.45. The lowest BCUT2D eigenvalue weighted by molar-refractivity contribution is -0.683. The Morgan fingerprint density at radius 2 is 1.89 bits per heavy atom. The Labute approximate surface area is 138 Å². The minimum Gasteiger partial charge on any atom is -1.00 e. The molecule has 0 aliphatic rings. The highest BCUT2D eigenvalue weighted by atomic mass is 127. The lowest BCUT2D eigenvalue weighted by Crippen LogP contribution is -3.00. The van der Waals surface area contributed by atoms with Gasteiger partial charge in [-0.05, 0) is 56.7 Å². The zero-order valence-electron chi connectivity index (χ0n) is 9.32. The SMILES string of the molecule is O=C(C[n+]1cccc(Br)c1)c1ccc(I)cc1.[Br-]. The second kappa shape index (κ2) is 7.35. The first-order valence-electron chi connectivity index (χ1n) is 5.08. The smallest absolute Gasteiger partial charge is 0.227 e. The first-order chi connectivity index (χ1) is 8.15. The Bertz CT molecular complexity index is 543. The van der Waals surface area contributed by atoms with E-state index in [1.807, 2.05) is 53.4 Å². The Balaban J connectivity index is 0.00000162. The van der Waals surface area contributed by atoms with E-state index < -0.39 is 0 Å². The largest absolute Gasteiger partial charge is 1.00 e. The van der Waals surface area contributed by atoms with Gasteiger partial charge in [-0.15, -0.1) is 0 Å². The molecule has 2 nitrogen and oxygen atoms in total. The second-order valence-electron chi connectivity index (χ2n) is 3.62. The third-order valence-electron chi connectivity index (χ3n) is 2.31. The number of benzene rings is 1. The summed E-state index contributed by atoms with van der Waals surface area (Å²) in [5.74, 6) is 0.115. The van der Waals surface area contributed by atoms with Crippen molar-refractivity contribution >= 4 is 44.3 Å². The Hall–Kier alpha value is -0.270. The normalized spacial score (nSPS) is 9.67. The summed E-state index contributed by atoms with van der Waals surface area (Å²) < 4.78 is 3.97. The third kappa shape index (κ3) is 4.44. The van der Waals surface area contributed by atoms with Crippen molar-refractivity contribution in [1.29, 1.82) is 0 Å². The summed E-state index contributed by atoms with van der Waals surface area (Å²) in [7, 11) is 0. The molecule has 5 heteroatoms. The van der Waals surface area contributed by atoms with Gasteiger partial charge in [0.2, 0.25) is 12.3 Å². The van der Waals surface area contributed by atoms with E-state index in [0.29, 0.717) is 6.54 Å². The van der Waals surface area contributed by atoms with Crippen LogP contribution in [-0.4, -0.2) is 5.78 Å². The molecule has 1 aromatic carbocycles. The van der Waals surface area contributed by atoms with E-state index in [2.05, 4.69) is 38.5 Å². The molecule has 18 heavy (non-hydrogen) atoms. The van der Waals surface area contributed by atoms with Gasteiger partial charge in [-0.2, -0.15) is 4.57 Å². The van der Waals surface area contributed by atoms with Crippen molar-refractivity contribution in [2.24, 2.45) is 0 Å². The molecule has 0 radical (unpaired) electrons. The van der Waals surface area contributed by atoms with Crippen LogP contribution >= 0.6 is 38.5 Å². The fourth-order valence-electron chi connectivity index (χ4n) is 1.48. The number of Topliss-reactive ketones (excluding diaryl/α,β-unsaturated/α-hetero) is 1. The van der Waals surface area contributed by atoms with Crippen molar-refractivity contribution in [3.8, 4) is 0 Å². The van der Waals surface area contributed by atoms with Gasteiger partial charge in [0.05, 0.1) is 4.47 Å². The van der Waals surface area contributed by atoms with Gasteiger partial charge in [0, 0.05) is 15.2 Å². The summed E-state index contributed by atoms with van der Waals surface area (Å²) in [5.41, 5.74) is 0.748. The van der Waals surface area contributed by atoms with Crippen molar-refractivity contribution in [2.45, 2.75) is 6.54 Å². The molecular weight excluding hydrogens is 473 g/mol. The molecule has 0 aliphatic heterocycles. The zero-order chi connectivity index (χ0) is 12.3. The first-order valence-corrected chi connectivity index (χ1v) is 6.96. The molecule has 0 unspecified atom stereocenters. The highest BCUT2D eigenvalue weighted by molar-refractivity contribution is 14.1. The van der Waals surface area contributed by atoms with Gasteiger partial charge in [-0.3, -0.25) is 4.79 Å². The maximum Gasteiger partial charge on any atom is 0.227 e. The highest BCUT2D eigenvalue weighted by Crippen LogP contribution is 2.08. The van der Waals surface area contributed by atoms with E-state index in [1.54, 1.807) is 0 Å². The topological polar surface area (TPSA) is 20.9 Å². The minimum absolute atomic E-state index is 0. The summed E-state index contributed by atoms with van der Waals surface area (Å²) in [6.45, 7) is 0.361. The van der Waals surface area contributed by atoms with Crippen LogP contribution in [-0.2, 0) is 6.54 Å². The van der Waals surface area contributed by atoms with Crippen LogP contribution in [0.1, 0.15) is 10.4 Å². The molecule has 1 aromatic heterocycles. The number of aromatic nitrogens is 1. The standard InChI is InChI=1S/C13H10BrINO.BrH/c14-11-2-1-7-16(8-11)9-13(17)10-3-5-12(15)6-4-10;/h1-8H,9H2;1H/q+1;/p-1. The van der Waals surface area contributed by atoms with Gasteiger partial charge in [-0.25, -0.2) is 0 Å². The zero-order valence-corrected chi connectivity index (χ0v) is 14.6. The van der Waals surface area contributed by atoms with Crippen LogP contribution in [0.25, 0.3) is 0 Å². The number of halogens is 3. The van der Waals surface area contributed by atoms with E-state index in [4.69, 9.17) is 0 Å². The molecule has 2 aromatic rings. The number of rotatable bonds is 3. The highest BCUT2D eigenvalue weighted by Gasteiger charge is 2.11. The molecule has 0 saturated heterocycles. The van der Waals surface area contributed by atoms with Crippen LogP contribution in [0.4, 0.5) is 0 Å². The average Bonchev–Trinajstić information content (AvgIpc) is 2.29. The Morgan fingerprint density at radius 3 is 2.50 bits per heavy atom. The van der Waals surface area contributed by atoms with Gasteiger partial charge < -0.3 is 17.0 Å². The predicted molar refractivity (Wildman–Crippen MR) is 77.8 cm³/mol. The average molecular weight is 483 g/mol. The third-order valence-corrected chi connectivity index (χ3v) is 3.50. The predicted octanol–water partition coefficient (Wildman–Crippen LogP) is 0.228. The lowest BCUT2D eigenvalue weighted by Gasteiger charge is -1.99. The number of nitrogens with zero attached hydrogens (tertiary/aromatic N) is 1. The number of ketones is 1. The van der Waals surface area contributed by atoms with Crippen LogP contribution in [0.5, 0.6) is 0 Å². The molecule has 94 valence electrons. The van der Waals surface area contributed by atoms with Gasteiger partial charge in [0.15, 0.2) is 12.4 Å². The molecular formula is C13H10Br2INO. The maximum absolute atomic E-state index is 12.0. The fraction of sp³-hybridized carbons (Fsp3) is 0.0769. The van der Waals surface area contributed by atoms with Gasteiger partial charge >= 0.3 is 0 Å². The first kappa shape index (κ1) is 15.8. The molecule has 0 N–H and O–H groups in total. The van der Waals surface area contributed by atoms with E-state index in [1.165, 1.54) is 0 Å². The van der Waals surface area contributed by atoms with Crippen molar-refractivity contribution in [3.63, 3.8) is 0 Å². The lowest BCUT2D eigenvalue weighted by atomic mass is 10.1. The van der Waals surface area contributed by atoms with Crippen LogP contribution < -0.4 is 21.5 Å². The van der Waals surface area contributed by atoms with Crippen molar-refractivity contribution < 1.29 is 26.3 Å². The van der Waals surface area contributed by atoms with Crippen LogP contribution in [0.3, 0.4) is 0 Å². The van der Waals surface area contributed by atoms with Gasteiger partial charge in [-0.1, -0.05) is 12.1 Å². The summed E-state index contributed by atoms with van der Waals surface area (Å²) in [6.07, 6.45) is 3.78. The van der Waals surface area contributed by atoms with Crippen molar-refractivity contribution in [1.82, 2.24) is 0 Å². The molecule has 0 fully saturated rings. The summed E-state index contributed by atoms with van der Waals surface area (Å²) >= 11 is 5.61. The number of carbonyl (C=O) groups excluding carboxylic acids is 1. The fourth-order valence-corrected chi connectivity index (χ4v) is 2.26. The van der Waals surface area contributed by atoms with Gasteiger partial charge in [0.1, 0.15) is 0 Å². The molecule has 1 heterocycles. The van der Waals surface area contributed by atoms with E-state index in [9.17, 15) is 4.79 Å². The summed E-state index contributed by atoms with van der Waals surface area (Å²) in [4.78, 5) is 12.0. The number of pyridine rings is 1. The minimum atomic E-state index is 0. The number of hydrogen-bond acceptors (Lipinski definition) is 1. The van der Waals surface area contributed by atoms with E-state index in [0.717, 1.165) is 13.6 Å². The molecule has 0 spiro atoms.